The molecule has 1 aliphatic rings. The molecule has 1 aromatic heterocycles. The van der Waals surface area contributed by atoms with Crippen molar-refractivity contribution < 1.29 is 32.1 Å². The van der Waals surface area contributed by atoms with E-state index in [2.05, 4.69) is 31.6 Å². The lowest BCUT2D eigenvalue weighted by molar-refractivity contribution is 0.154. The van der Waals surface area contributed by atoms with Crippen molar-refractivity contribution in [3.05, 3.63) is 48.2 Å². The van der Waals surface area contributed by atoms with Crippen molar-refractivity contribution in [2.24, 2.45) is 9.98 Å². The van der Waals surface area contributed by atoms with Gasteiger partial charge in [0.2, 0.25) is 22.8 Å². The van der Waals surface area contributed by atoms with E-state index in [-0.39, 0.29) is 18.6 Å². The number of sulfonamides is 1. The monoisotopic (exact) mass is 584 g/mol. The highest BCUT2D eigenvalue weighted by atomic mass is 32.2. The van der Waals surface area contributed by atoms with Gasteiger partial charge in [-0.25, -0.2) is 18.4 Å². The van der Waals surface area contributed by atoms with E-state index in [4.69, 9.17) is 23.7 Å². The molecule has 3 aromatic rings. The lowest BCUT2D eigenvalue weighted by Gasteiger charge is -2.23. The highest BCUT2D eigenvalue weighted by molar-refractivity contribution is 7.93. The third-order valence-electron chi connectivity index (χ3n) is 6.19. The minimum atomic E-state index is -4.18. The van der Waals surface area contributed by atoms with Crippen molar-refractivity contribution in [3.63, 3.8) is 0 Å². The zero-order valence-corrected chi connectivity index (χ0v) is 24.4. The molecule has 0 saturated heterocycles. The summed E-state index contributed by atoms with van der Waals surface area (Å²) in [5.74, 6) is 2.16. The van der Waals surface area contributed by atoms with Gasteiger partial charge in [0.25, 0.3) is 0 Å². The second-order valence-electron chi connectivity index (χ2n) is 9.12. The Hall–Kier alpha value is -4.43. The second kappa shape index (κ2) is 12.4. The molecule has 0 bridgehead atoms. The Bertz CT molecular complexity index is 1570. The number of anilines is 1. The first-order chi connectivity index (χ1) is 19.6. The maximum Gasteiger partial charge on any atom is 0.243 e. The average Bonchev–Trinajstić information content (AvgIpc) is 3.60. The van der Waals surface area contributed by atoms with Crippen molar-refractivity contribution in [2.75, 3.05) is 32.8 Å². The minimum absolute atomic E-state index is 0.0912. The fraction of sp³-hybridized carbons (Fsp3) is 0.333. The quantitative estimate of drug-likeness (QED) is 0.262. The van der Waals surface area contributed by atoms with Crippen LogP contribution in [0.5, 0.6) is 23.0 Å². The molecular formula is C27H32N6O7S. The Morgan fingerprint density at radius 2 is 1.78 bits per heavy atom. The van der Waals surface area contributed by atoms with Crippen molar-refractivity contribution in [1.82, 2.24) is 14.8 Å². The molecule has 218 valence electrons. The van der Waals surface area contributed by atoms with E-state index >= 15 is 0 Å². The van der Waals surface area contributed by atoms with Crippen LogP contribution >= 0.6 is 0 Å². The number of allylic oxidation sites excluding steroid dienone is 1. The summed E-state index contributed by atoms with van der Waals surface area (Å²) in [6.45, 7) is 8.80. The molecule has 2 aromatic carbocycles. The number of rotatable bonds is 11. The number of hydrogen-bond acceptors (Lipinski definition) is 10. The van der Waals surface area contributed by atoms with E-state index in [1.807, 2.05) is 13.8 Å². The summed E-state index contributed by atoms with van der Waals surface area (Å²) in [7, 11) is 0.182. The van der Waals surface area contributed by atoms with Crippen LogP contribution < -0.4 is 23.7 Å². The van der Waals surface area contributed by atoms with Crippen molar-refractivity contribution in [3.8, 4) is 40.1 Å². The lowest BCUT2D eigenvalue weighted by Crippen LogP contribution is -2.41. The fourth-order valence-corrected chi connectivity index (χ4v) is 5.26. The number of aliphatic imine (C=N–C) groups is 2. The summed E-state index contributed by atoms with van der Waals surface area (Å²) in [5.41, 5.74) is 1.85. The molecule has 13 nitrogen and oxygen atoms in total. The molecule has 0 spiro atoms. The molecule has 0 unspecified atom stereocenters. The number of hydrogen-bond donors (Lipinski definition) is 1. The molecule has 0 radical (unpaired) electrons. The molecule has 0 amide bonds. The van der Waals surface area contributed by atoms with Crippen LogP contribution in [-0.2, 0) is 14.8 Å². The van der Waals surface area contributed by atoms with E-state index in [0.29, 0.717) is 40.1 Å². The maximum atomic E-state index is 13.7. The van der Waals surface area contributed by atoms with Crippen LogP contribution in [0.3, 0.4) is 0 Å². The molecule has 1 N–H and O–H groups in total. The highest BCUT2D eigenvalue weighted by Crippen LogP contribution is 2.40. The number of para-hydroxylation sites is 1. The number of benzene rings is 2. The third-order valence-corrected chi connectivity index (χ3v) is 7.89. The van der Waals surface area contributed by atoms with Gasteiger partial charge in [0.1, 0.15) is 28.5 Å². The van der Waals surface area contributed by atoms with Crippen LogP contribution in [0.4, 0.5) is 5.95 Å². The zero-order valence-electron chi connectivity index (χ0n) is 23.6. The van der Waals surface area contributed by atoms with Gasteiger partial charge in [0.15, 0.2) is 23.2 Å². The topological polar surface area (TPSA) is 148 Å². The molecule has 41 heavy (non-hydrogen) atoms. The minimum Gasteiger partial charge on any atom is -0.494 e. The number of methoxy groups -OCH3 is 3. The predicted octanol–water partition coefficient (Wildman–Crippen LogP) is 3.85. The normalized spacial score (nSPS) is 14.2. The number of aromatic nitrogens is 3. The molecule has 14 heteroatoms. The number of nitrogens with zero attached hydrogens (tertiary/aromatic N) is 5. The second-order valence-corrected chi connectivity index (χ2v) is 11.2. The summed E-state index contributed by atoms with van der Waals surface area (Å²) in [6, 6.07) is 10.4. The van der Waals surface area contributed by atoms with Crippen molar-refractivity contribution >= 4 is 28.5 Å². The summed E-state index contributed by atoms with van der Waals surface area (Å²) in [6.07, 6.45) is 0.525. The van der Waals surface area contributed by atoms with Gasteiger partial charge >= 0.3 is 0 Å². The number of ether oxygens (including phenoxy) is 5. The van der Waals surface area contributed by atoms with Gasteiger partial charge in [0.05, 0.1) is 14.2 Å². The van der Waals surface area contributed by atoms with Crippen LogP contribution in [0.1, 0.15) is 20.8 Å². The van der Waals surface area contributed by atoms with E-state index in [0.717, 1.165) is 5.57 Å². The van der Waals surface area contributed by atoms with Crippen LogP contribution in [-0.4, -0.2) is 75.2 Å². The van der Waals surface area contributed by atoms with E-state index in [9.17, 15) is 8.42 Å². The highest BCUT2D eigenvalue weighted by Gasteiger charge is 2.35. The fourth-order valence-electron chi connectivity index (χ4n) is 4.13. The van der Waals surface area contributed by atoms with Gasteiger partial charge in [-0.2, -0.15) is 0 Å². The molecule has 2 heterocycles. The average molecular weight is 585 g/mol. The van der Waals surface area contributed by atoms with Crippen LogP contribution in [0.15, 0.2) is 58.2 Å². The zero-order chi connectivity index (χ0) is 29.7. The van der Waals surface area contributed by atoms with Crippen LogP contribution in [0.25, 0.3) is 17.1 Å². The van der Waals surface area contributed by atoms with E-state index in [1.54, 1.807) is 42.6 Å². The summed E-state index contributed by atoms with van der Waals surface area (Å²) >= 11 is 0. The van der Waals surface area contributed by atoms with Gasteiger partial charge in [-0.15, -0.1) is 10.2 Å². The summed E-state index contributed by atoms with van der Waals surface area (Å²) in [4.78, 5) is 8.16. The van der Waals surface area contributed by atoms with Gasteiger partial charge in [-0.1, -0.05) is 11.6 Å². The summed E-state index contributed by atoms with van der Waals surface area (Å²) < 4.78 is 59.3. The number of amidine groups is 1. The largest absolute Gasteiger partial charge is 0.494 e. The Labute approximate surface area is 238 Å². The first-order valence-electron chi connectivity index (χ1n) is 12.4. The lowest BCUT2D eigenvalue weighted by atomic mass is 10.1. The Kier molecular flexibility index (Phi) is 8.93. The smallest absolute Gasteiger partial charge is 0.243 e. The van der Waals surface area contributed by atoms with E-state index in [1.165, 1.54) is 32.8 Å². The predicted molar refractivity (Wildman–Crippen MR) is 155 cm³/mol. The van der Waals surface area contributed by atoms with Gasteiger partial charge < -0.3 is 23.7 Å². The molecule has 0 fully saturated rings. The van der Waals surface area contributed by atoms with Gasteiger partial charge in [-0.05, 0) is 57.8 Å². The van der Waals surface area contributed by atoms with Crippen LogP contribution in [0, 0.1) is 0 Å². The molecule has 0 aliphatic carbocycles. The molecule has 2 atom stereocenters. The van der Waals surface area contributed by atoms with Crippen molar-refractivity contribution in [2.45, 2.75) is 32.1 Å². The van der Waals surface area contributed by atoms with Gasteiger partial charge in [-0.3, -0.25) is 9.29 Å². The first-order valence-corrected chi connectivity index (χ1v) is 14.0. The number of fused-ring (bicyclic) bond motifs is 1. The van der Waals surface area contributed by atoms with Crippen molar-refractivity contribution in [1.29, 1.82) is 0 Å². The summed E-state index contributed by atoms with van der Waals surface area (Å²) in [5, 5.41) is 7.38. The molecule has 4 rings (SSSR count). The standard InChI is InChI=1S/C27H32N6O7S/c1-16(2)14-29-25(28-4)24(38-7)17(3)41(34,35)32-27-31-30-26(18-11-12-19-22(13-18)40-15-39-19)33(27)23-20(36-5)9-8-10-21(23)37-6/h8-14,17,24H,4,15H2,1-3,5-7H3,(H,31,32)/b29-25-/t17-,24-/m0/s1. The SMILES string of the molecule is C=N/C(=N\C=C(C)C)[C@@H](OC)[C@H](C)S(=O)(=O)Nc1nnc(-c2ccc3c(c2)OCO3)n1-c1c(OC)cccc1OC. The maximum absolute atomic E-state index is 13.7. The molecular weight excluding hydrogens is 552 g/mol. The molecule has 0 saturated carbocycles. The molecule has 1 aliphatic heterocycles. The third kappa shape index (κ3) is 6.02. The van der Waals surface area contributed by atoms with Gasteiger partial charge in [0, 0.05) is 18.9 Å². The van der Waals surface area contributed by atoms with E-state index < -0.39 is 21.4 Å². The Morgan fingerprint density at radius 1 is 1.10 bits per heavy atom. The number of nitrogens with one attached hydrogen (secondary N) is 1. The Morgan fingerprint density at radius 3 is 2.39 bits per heavy atom. The first kappa shape index (κ1) is 29.6. The Balaban J connectivity index is 1.85. The van der Waals surface area contributed by atoms with Crippen LogP contribution in [0.2, 0.25) is 0 Å².